The molecule has 1 aromatic carbocycles. The largest absolute Gasteiger partial charge is 0.496 e. The molecule has 2 heterocycles. The molecular formula is C16H19NO5. The molecule has 0 atom stereocenters. The lowest BCUT2D eigenvalue weighted by atomic mass is 9.88. The predicted octanol–water partition coefficient (Wildman–Crippen LogP) is 2.20. The first kappa shape index (κ1) is 14.7. The van der Waals surface area contributed by atoms with Crippen LogP contribution in [0, 0.1) is 5.92 Å². The van der Waals surface area contributed by atoms with Crippen molar-refractivity contribution in [2.75, 3.05) is 26.8 Å². The van der Waals surface area contributed by atoms with Gasteiger partial charge in [-0.05, 0) is 37.3 Å². The van der Waals surface area contributed by atoms with E-state index in [2.05, 4.69) is 0 Å². The van der Waals surface area contributed by atoms with E-state index in [1.54, 1.807) is 13.2 Å². The summed E-state index contributed by atoms with van der Waals surface area (Å²) in [7, 11) is 1.61. The highest BCUT2D eigenvalue weighted by molar-refractivity contribution is 6.03. The number of hydrogen-bond acceptors (Lipinski definition) is 4. The van der Waals surface area contributed by atoms with Crippen LogP contribution in [0.5, 0.6) is 11.5 Å². The smallest absolute Gasteiger partial charge is 0.407 e. The van der Waals surface area contributed by atoms with Gasteiger partial charge in [0, 0.05) is 18.7 Å². The fourth-order valence-electron chi connectivity index (χ4n) is 3.21. The third kappa shape index (κ3) is 2.61. The van der Waals surface area contributed by atoms with E-state index in [4.69, 9.17) is 14.6 Å². The van der Waals surface area contributed by atoms with Crippen LogP contribution in [0.1, 0.15) is 28.8 Å². The van der Waals surface area contributed by atoms with Crippen molar-refractivity contribution in [1.29, 1.82) is 0 Å². The predicted molar refractivity (Wildman–Crippen MR) is 78.8 cm³/mol. The van der Waals surface area contributed by atoms with Crippen LogP contribution < -0.4 is 9.47 Å². The van der Waals surface area contributed by atoms with Crippen molar-refractivity contribution in [2.45, 2.75) is 19.3 Å². The maximum absolute atomic E-state index is 11.8. The zero-order chi connectivity index (χ0) is 15.7. The van der Waals surface area contributed by atoms with Gasteiger partial charge in [-0.3, -0.25) is 4.79 Å². The van der Waals surface area contributed by atoms with Gasteiger partial charge in [-0.25, -0.2) is 4.79 Å². The van der Waals surface area contributed by atoms with Gasteiger partial charge in [-0.15, -0.1) is 0 Å². The molecule has 0 unspecified atom stereocenters. The molecular weight excluding hydrogens is 286 g/mol. The van der Waals surface area contributed by atoms with Crippen molar-refractivity contribution in [3.05, 3.63) is 23.3 Å². The molecule has 1 N–H and O–H groups in total. The highest BCUT2D eigenvalue weighted by Crippen LogP contribution is 2.38. The van der Waals surface area contributed by atoms with E-state index in [9.17, 15) is 9.59 Å². The first-order chi connectivity index (χ1) is 10.6. The molecule has 0 bridgehead atoms. The van der Waals surface area contributed by atoms with Crippen molar-refractivity contribution in [1.82, 2.24) is 4.90 Å². The van der Waals surface area contributed by atoms with Crippen molar-refractivity contribution >= 4 is 11.9 Å². The minimum absolute atomic E-state index is 0.000371. The average Bonchev–Trinajstić information content (AvgIpc) is 2.90. The SMILES string of the molecule is COc1ccc2c(c1CC1CCN(C(=O)O)CC1)OCC2=O. The first-order valence-electron chi connectivity index (χ1n) is 7.44. The summed E-state index contributed by atoms with van der Waals surface area (Å²) in [5.74, 6) is 1.74. The Morgan fingerprint density at radius 3 is 2.77 bits per heavy atom. The molecule has 22 heavy (non-hydrogen) atoms. The molecule has 1 saturated heterocycles. The number of carbonyl (C=O) groups excluding carboxylic acids is 1. The Labute approximate surface area is 128 Å². The van der Waals surface area contributed by atoms with Gasteiger partial charge in [0.15, 0.2) is 6.61 Å². The summed E-state index contributed by atoms with van der Waals surface area (Å²) in [4.78, 5) is 24.2. The highest BCUT2D eigenvalue weighted by atomic mass is 16.5. The molecule has 0 saturated carbocycles. The molecule has 118 valence electrons. The quantitative estimate of drug-likeness (QED) is 0.926. The minimum atomic E-state index is -0.856. The van der Waals surface area contributed by atoms with Gasteiger partial charge in [-0.2, -0.15) is 0 Å². The minimum Gasteiger partial charge on any atom is -0.496 e. The summed E-state index contributed by atoms with van der Waals surface area (Å²) in [6, 6.07) is 3.56. The Balaban J connectivity index is 1.78. The van der Waals surface area contributed by atoms with Crippen LogP contribution in [0.25, 0.3) is 0 Å². The fraction of sp³-hybridized carbons (Fsp3) is 0.500. The molecule has 2 aliphatic rings. The van der Waals surface area contributed by atoms with E-state index >= 15 is 0 Å². The molecule has 6 nitrogen and oxygen atoms in total. The van der Waals surface area contributed by atoms with E-state index in [1.807, 2.05) is 6.07 Å². The summed E-state index contributed by atoms with van der Waals surface area (Å²) in [5, 5.41) is 9.00. The number of amides is 1. The van der Waals surface area contributed by atoms with Crippen molar-refractivity contribution < 1.29 is 24.2 Å². The normalized spacial score (nSPS) is 18.0. The Morgan fingerprint density at radius 2 is 2.14 bits per heavy atom. The third-order valence-electron chi connectivity index (χ3n) is 4.46. The summed E-state index contributed by atoms with van der Waals surface area (Å²) in [6.07, 6.45) is 1.51. The van der Waals surface area contributed by atoms with Crippen LogP contribution in [-0.4, -0.2) is 48.7 Å². The molecule has 1 fully saturated rings. The number of piperidine rings is 1. The molecule has 1 aromatic rings. The topological polar surface area (TPSA) is 76.1 Å². The highest BCUT2D eigenvalue weighted by Gasteiger charge is 2.29. The summed E-state index contributed by atoms with van der Waals surface area (Å²) in [5.41, 5.74) is 1.55. The number of nitrogens with zero attached hydrogens (tertiary/aromatic N) is 1. The van der Waals surface area contributed by atoms with Gasteiger partial charge in [0.05, 0.1) is 12.7 Å². The summed E-state index contributed by atoms with van der Waals surface area (Å²) < 4.78 is 11.0. The van der Waals surface area contributed by atoms with E-state index in [0.717, 1.165) is 30.6 Å². The molecule has 1 amide bonds. The Hall–Kier alpha value is -2.24. The Bertz CT molecular complexity index is 605. The lowest BCUT2D eigenvalue weighted by molar-refractivity contribution is 0.0961. The second-order valence-electron chi connectivity index (χ2n) is 5.75. The number of benzene rings is 1. The standard InChI is InChI=1S/C16H19NO5/c1-21-14-3-2-11-13(18)9-22-15(11)12(14)8-10-4-6-17(7-5-10)16(19)20/h2-3,10H,4-9H2,1H3,(H,19,20). The van der Waals surface area contributed by atoms with Gasteiger partial charge in [0.25, 0.3) is 0 Å². The van der Waals surface area contributed by atoms with Crippen LogP contribution in [0.15, 0.2) is 12.1 Å². The van der Waals surface area contributed by atoms with E-state index in [-0.39, 0.29) is 12.4 Å². The van der Waals surface area contributed by atoms with Crippen LogP contribution in [0.3, 0.4) is 0 Å². The second kappa shape index (κ2) is 5.87. The second-order valence-corrected chi connectivity index (χ2v) is 5.75. The maximum atomic E-state index is 11.8. The molecule has 3 rings (SSSR count). The fourth-order valence-corrected chi connectivity index (χ4v) is 3.21. The van der Waals surface area contributed by atoms with Crippen LogP contribution >= 0.6 is 0 Å². The molecule has 2 aliphatic heterocycles. The van der Waals surface area contributed by atoms with Gasteiger partial charge in [0.1, 0.15) is 11.5 Å². The van der Waals surface area contributed by atoms with Gasteiger partial charge in [-0.1, -0.05) is 0 Å². The van der Waals surface area contributed by atoms with Crippen molar-refractivity contribution in [3.8, 4) is 11.5 Å². The molecule has 0 aliphatic carbocycles. The van der Waals surface area contributed by atoms with Crippen LogP contribution in [0.2, 0.25) is 0 Å². The summed E-state index contributed by atoms with van der Waals surface area (Å²) in [6.45, 7) is 1.20. The van der Waals surface area contributed by atoms with Crippen LogP contribution in [-0.2, 0) is 6.42 Å². The van der Waals surface area contributed by atoms with Crippen molar-refractivity contribution in [2.24, 2.45) is 5.92 Å². The lowest BCUT2D eigenvalue weighted by Crippen LogP contribution is -2.37. The van der Waals surface area contributed by atoms with Crippen molar-refractivity contribution in [3.63, 3.8) is 0 Å². The zero-order valence-corrected chi connectivity index (χ0v) is 12.5. The van der Waals surface area contributed by atoms with E-state index < -0.39 is 6.09 Å². The molecule has 0 aromatic heterocycles. The van der Waals surface area contributed by atoms with Crippen LogP contribution in [0.4, 0.5) is 4.79 Å². The number of hydrogen-bond donors (Lipinski definition) is 1. The van der Waals surface area contributed by atoms with E-state index in [1.165, 1.54) is 4.90 Å². The number of methoxy groups -OCH3 is 1. The average molecular weight is 305 g/mol. The molecule has 0 radical (unpaired) electrons. The zero-order valence-electron chi connectivity index (χ0n) is 12.5. The Morgan fingerprint density at radius 1 is 1.41 bits per heavy atom. The molecule has 6 heteroatoms. The maximum Gasteiger partial charge on any atom is 0.407 e. The lowest BCUT2D eigenvalue weighted by Gasteiger charge is -2.30. The number of ether oxygens (including phenoxy) is 2. The number of ketones is 1. The third-order valence-corrected chi connectivity index (χ3v) is 4.46. The number of carboxylic acid groups (broad SMARTS) is 1. The summed E-state index contributed by atoms with van der Waals surface area (Å²) >= 11 is 0. The number of likely N-dealkylation sites (tertiary alicyclic amines) is 1. The number of rotatable bonds is 3. The monoisotopic (exact) mass is 305 g/mol. The first-order valence-corrected chi connectivity index (χ1v) is 7.44. The number of Topliss-reactive ketones (excluding diaryl/α,β-unsaturated/α-hetero) is 1. The van der Waals surface area contributed by atoms with Gasteiger partial charge in [0.2, 0.25) is 5.78 Å². The van der Waals surface area contributed by atoms with E-state index in [0.29, 0.717) is 30.3 Å². The molecule has 0 spiro atoms. The van der Waals surface area contributed by atoms with Gasteiger partial charge < -0.3 is 19.5 Å². The number of fused-ring (bicyclic) bond motifs is 1. The number of carbonyl (C=O) groups is 2. The Kier molecular flexibility index (Phi) is 3.92. The van der Waals surface area contributed by atoms with Gasteiger partial charge >= 0.3 is 6.09 Å².